The van der Waals surface area contributed by atoms with Crippen molar-refractivity contribution in [3.8, 4) is 5.75 Å². The largest absolute Gasteiger partial charge is 0.492 e. The highest BCUT2D eigenvalue weighted by molar-refractivity contribution is 6.12. The number of nitrogens with one attached hydrogen (secondary N) is 2. The molecule has 0 aliphatic rings. The van der Waals surface area contributed by atoms with Crippen molar-refractivity contribution in [3.05, 3.63) is 126 Å². The number of fused-ring (bicyclic) bond motifs is 1. The van der Waals surface area contributed by atoms with Crippen molar-refractivity contribution in [2.75, 3.05) is 18.5 Å². The van der Waals surface area contributed by atoms with E-state index in [1.165, 1.54) is 0 Å². The Morgan fingerprint density at radius 3 is 2.38 bits per heavy atom. The second kappa shape index (κ2) is 12.7. The van der Waals surface area contributed by atoms with Crippen molar-refractivity contribution in [2.45, 2.75) is 19.0 Å². The fourth-order valence-electron chi connectivity index (χ4n) is 4.33. The lowest BCUT2D eigenvalue weighted by Crippen LogP contribution is -2.32. The summed E-state index contributed by atoms with van der Waals surface area (Å²) >= 11 is 0. The van der Waals surface area contributed by atoms with Crippen molar-refractivity contribution in [1.29, 1.82) is 0 Å². The molecule has 0 saturated carbocycles. The molecule has 8 heteroatoms. The topological polar surface area (TPSA) is 114 Å². The van der Waals surface area contributed by atoms with E-state index in [1.54, 1.807) is 48.5 Å². The number of anilines is 1. The van der Waals surface area contributed by atoms with Crippen LogP contribution in [0.25, 0.3) is 11.1 Å². The third-order valence-corrected chi connectivity index (χ3v) is 6.36. The van der Waals surface area contributed by atoms with E-state index in [0.717, 1.165) is 16.7 Å². The summed E-state index contributed by atoms with van der Waals surface area (Å²) in [5.74, 6) is 0.134. The Kier molecular flexibility index (Phi) is 8.48. The molecule has 3 N–H and O–H groups in total. The van der Waals surface area contributed by atoms with Crippen LogP contribution < -0.4 is 15.4 Å². The van der Waals surface area contributed by atoms with Crippen LogP contribution in [0.2, 0.25) is 0 Å². The number of rotatable bonds is 13. The molecule has 0 aliphatic carbocycles. The Hall–Kier alpha value is -4.95. The van der Waals surface area contributed by atoms with Gasteiger partial charge in [-0.2, -0.15) is 0 Å². The lowest BCUT2D eigenvalue weighted by Gasteiger charge is -2.18. The van der Waals surface area contributed by atoms with Crippen LogP contribution >= 0.6 is 0 Å². The number of carbonyl (C=O) groups is 2. The van der Waals surface area contributed by atoms with Crippen molar-refractivity contribution in [3.63, 3.8) is 0 Å². The first kappa shape index (κ1) is 26.6. The van der Waals surface area contributed by atoms with Crippen LogP contribution in [0.15, 0.2) is 108 Å². The van der Waals surface area contributed by atoms with Gasteiger partial charge in [0.15, 0.2) is 11.4 Å². The maximum atomic E-state index is 13.0. The predicted octanol–water partition coefficient (Wildman–Crippen LogP) is 5.34. The third-order valence-electron chi connectivity index (χ3n) is 6.36. The van der Waals surface area contributed by atoms with Gasteiger partial charge >= 0.3 is 5.97 Å². The van der Waals surface area contributed by atoms with Gasteiger partial charge in [-0.05, 0) is 42.0 Å². The van der Waals surface area contributed by atoms with Crippen LogP contribution in [0.4, 0.5) is 5.69 Å². The molecule has 0 spiro atoms. The molecule has 8 nitrogen and oxygen atoms in total. The molecule has 0 saturated heterocycles. The molecule has 0 aliphatic heterocycles. The van der Waals surface area contributed by atoms with Gasteiger partial charge in [0.25, 0.3) is 0 Å². The molecule has 0 radical (unpaired) electrons. The Morgan fingerprint density at radius 1 is 0.875 bits per heavy atom. The number of carbonyl (C=O) groups excluding carboxylic acids is 1. The molecule has 0 amide bonds. The zero-order valence-corrected chi connectivity index (χ0v) is 21.7. The van der Waals surface area contributed by atoms with Crippen molar-refractivity contribution in [2.24, 2.45) is 0 Å². The second-order valence-corrected chi connectivity index (χ2v) is 9.22. The van der Waals surface area contributed by atoms with Crippen LogP contribution in [0.3, 0.4) is 0 Å². The molecule has 40 heavy (non-hydrogen) atoms. The lowest BCUT2D eigenvalue weighted by atomic mass is 10.00. The summed E-state index contributed by atoms with van der Waals surface area (Å²) < 4.78 is 11.5. The molecule has 1 aromatic heterocycles. The molecule has 1 unspecified atom stereocenters. The van der Waals surface area contributed by atoms with Gasteiger partial charge in [0.2, 0.25) is 5.89 Å². The summed E-state index contributed by atoms with van der Waals surface area (Å²) in [6.07, 6.45) is 0.232. The quantitative estimate of drug-likeness (QED) is 0.137. The van der Waals surface area contributed by atoms with Gasteiger partial charge < -0.3 is 24.9 Å². The number of aromatic nitrogens is 1. The highest BCUT2D eigenvalue weighted by atomic mass is 16.5. The van der Waals surface area contributed by atoms with Gasteiger partial charge in [-0.1, -0.05) is 66.7 Å². The average molecular weight is 536 g/mol. The number of aliphatic carboxylic acids is 1. The van der Waals surface area contributed by atoms with E-state index < -0.39 is 12.0 Å². The Labute approximate surface area is 231 Å². The molecule has 0 bridgehead atoms. The first-order chi connectivity index (χ1) is 19.6. The molecular weight excluding hydrogens is 506 g/mol. The van der Waals surface area contributed by atoms with Crippen LogP contribution in [0.5, 0.6) is 5.75 Å². The second-order valence-electron chi connectivity index (χ2n) is 9.22. The van der Waals surface area contributed by atoms with Gasteiger partial charge in [0, 0.05) is 29.8 Å². The first-order valence-electron chi connectivity index (χ1n) is 13.0. The minimum absolute atomic E-state index is 0.169. The lowest BCUT2D eigenvalue weighted by molar-refractivity contribution is -0.137. The fraction of sp³-hybridized carbons (Fsp3) is 0.156. The summed E-state index contributed by atoms with van der Waals surface area (Å²) in [6, 6.07) is 29.9. The van der Waals surface area contributed by atoms with Gasteiger partial charge in [0.1, 0.15) is 23.9 Å². The molecule has 5 aromatic rings. The molecule has 5 rings (SSSR count). The number of hydrogen-bond acceptors (Lipinski definition) is 7. The number of ketones is 1. The summed E-state index contributed by atoms with van der Waals surface area (Å²) in [6.45, 7) is 1.55. The summed E-state index contributed by atoms with van der Waals surface area (Å²) in [7, 11) is 0. The highest BCUT2D eigenvalue weighted by Crippen LogP contribution is 2.22. The smallest absolute Gasteiger partial charge is 0.326 e. The van der Waals surface area contributed by atoms with E-state index in [0.29, 0.717) is 48.2 Å². The van der Waals surface area contributed by atoms with Crippen molar-refractivity contribution < 1.29 is 23.8 Å². The van der Waals surface area contributed by atoms with Crippen LogP contribution in [0.1, 0.15) is 27.4 Å². The molecule has 1 atom stereocenters. The molecule has 0 fully saturated rings. The molecule has 4 aromatic carbocycles. The van der Waals surface area contributed by atoms with Crippen LogP contribution in [0, 0.1) is 0 Å². The van der Waals surface area contributed by atoms with Gasteiger partial charge in [-0.15, -0.1) is 0 Å². The third kappa shape index (κ3) is 6.73. The number of oxazole rings is 1. The fourth-order valence-corrected chi connectivity index (χ4v) is 4.33. The zero-order valence-electron chi connectivity index (χ0n) is 21.7. The predicted molar refractivity (Wildman–Crippen MR) is 153 cm³/mol. The Morgan fingerprint density at radius 2 is 1.60 bits per heavy atom. The van der Waals surface area contributed by atoms with Crippen molar-refractivity contribution >= 4 is 28.5 Å². The average Bonchev–Trinajstić information content (AvgIpc) is 3.41. The Bertz CT molecular complexity index is 1550. The van der Waals surface area contributed by atoms with E-state index in [2.05, 4.69) is 15.6 Å². The number of carboxylic acid groups (broad SMARTS) is 1. The molecular formula is C32H29N3O5. The summed E-state index contributed by atoms with van der Waals surface area (Å²) in [5, 5.41) is 16.2. The first-order valence-corrected chi connectivity index (χ1v) is 13.0. The number of carboxylic acids is 1. The zero-order chi connectivity index (χ0) is 27.7. The minimum Gasteiger partial charge on any atom is -0.492 e. The monoisotopic (exact) mass is 535 g/mol. The molecule has 202 valence electrons. The SMILES string of the molecule is O=C(c1ccccc1)c1ccccc1NC(Cc1ccc(OCCNCc2nc3ccccc3o2)cc1)C(=O)O. The van der Waals surface area contributed by atoms with E-state index in [-0.39, 0.29) is 12.2 Å². The maximum absolute atomic E-state index is 13.0. The van der Waals surface area contributed by atoms with E-state index in [1.807, 2.05) is 54.6 Å². The minimum atomic E-state index is -1.01. The van der Waals surface area contributed by atoms with Gasteiger partial charge in [-0.25, -0.2) is 9.78 Å². The molecule has 1 heterocycles. The number of hydrogen-bond donors (Lipinski definition) is 3. The van der Waals surface area contributed by atoms with Crippen LogP contribution in [-0.2, 0) is 17.8 Å². The maximum Gasteiger partial charge on any atom is 0.326 e. The normalized spacial score (nSPS) is 11.7. The summed E-state index contributed by atoms with van der Waals surface area (Å²) in [4.78, 5) is 29.6. The van der Waals surface area contributed by atoms with E-state index in [4.69, 9.17) is 9.15 Å². The van der Waals surface area contributed by atoms with Crippen molar-refractivity contribution in [1.82, 2.24) is 10.3 Å². The number of para-hydroxylation sites is 3. The number of ether oxygens (including phenoxy) is 1. The van der Waals surface area contributed by atoms with E-state index in [9.17, 15) is 14.7 Å². The standard InChI is InChI=1S/C32H29N3O5/c36-31(23-8-2-1-3-9-23)25-10-4-5-11-26(25)34-28(32(37)38)20-22-14-16-24(17-15-22)39-19-18-33-21-30-35-27-12-6-7-13-29(27)40-30/h1-17,28,33-34H,18-21H2,(H,37,38). The highest BCUT2D eigenvalue weighted by Gasteiger charge is 2.21. The number of benzene rings is 4. The van der Waals surface area contributed by atoms with Crippen LogP contribution in [-0.4, -0.2) is 41.0 Å². The van der Waals surface area contributed by atoms with E-state index >= 15 is 0 Å². The van der Waals surface area contributed by atoms with Gasteiger partial charge in [-0.3, -0.25) is 4.79 Å². The van der Waals surface area contributed by atoms with Gasteiger partial charge in [0.05, 0.1) is 6.54 Å². The summed E-state index contributed by atoms with van der Waals surface area (Å²) in [5.41, 5.74) is 3.87. The number of nitrogens with zero attached hydrogens (tertiary/aromatic N) is 1. The Balaban J connectivity index is 1.13.